The number of benzene rings is 3. The number of nitrogens with zero attached hydrogens (tertiary/aromatic N) is 2. The van der Waals surface area contributed by atoms with E-state index in [1.807, 2.05) is 87.5 Å². The molecule has 0 aromatic heterocycles. The fourth-order valence-electron chi connectivity index (χ4n) is 6.09. The third kappa shape index (κ3) is 9.18. The van der Waals surface area contributed by atoms with Crippen LogP contribution >= 0.6 is 0 Å². The van der Waals surface area contributed by atoms with Crippen molar-refractivity contribution in [3.63, 3.8) is 0 Å². The minimum absolute atomic E-state index is 0.116. The molecule has 0 radical (unpaired) electrons. The highest BCUT2D eigenvalue weighted by Crippen LogP contribution is 2.26. The molecule has 0 spiro atoms. The van der Waals surface area contributed by atoms with Gasteiger partial charge in [-0.05, 0) is 68.4 Å². The van der Waals surface area contributed by atoms with Gasteiger partial charge in [0.1, 0.15) is 6.04 Å². The summed E-state index contributed by atoms with van der Waals surface area (Å²) in [5.74, 6) is -0.296. The third-order valence-corrected chi connectivity index (χ3v) is 9.83. The molecule has 236 valence electrons. The highest BCUT2D eigenvalue weighted by Gasteiger charge is 2.32. The minimum Gasteiger partial charge on any atom is -0.352 e. The monoisotopic (exact) mass is 617 g/mol. The number of anilines is 1. The molecule has 4 rings (SSSR count). The normalized spacial score (nSPS) is 14.5. The molecular formula is C36H47N3O4S. The molecule has 1 aliphatic rings. The smallest absolute Gasteiger partial charge is 0.243 e. The number of carbonyl (C=O) groups is 2. The number of nitrogens with one attached hydrogen (secondary N) is 1. The van der Waals surface area contributed by atoms with Crippen LogP contribution in [0.1, 0.15) is 72.8 Å². The van der Waals surface area contributed by atoms with Gasteiger partial charge in [-0.15, -0.1) is 0 Å². The molecule has 0 saturated heterocycles. The number of sulfonamides is 1. The lowest BCUT2D eigenvalue weighted by molar-refractivity contribution is -0.141. The Balaban J connectivity index is 1.60. The Bertz CT molecular complexity index is 1520. The van der Waals surface area contributed by atoms with Crippen LogP contribution in [0.4, 0.5) is 5.69 Å². The molecular weight excluding hydrogens is 570 g/mol. The van der Waals surface area contributed by atoms with Crippen LogP contribution in [0.15, 0.2) is 72.8 Å². The summed E-state index contributed by atoms with van der Waals surface area (Å²) in [6.07, 6.45) is 7.32. The summed E-state index contributed by atoms with van der Waals surface area (Å²) in [5.41, 5.74) is 5.55. The largest absolute Gasteiger partial charge is 0.352 e. The van der Waals surface area contributed by atoms with Crippen LogP contribution in [-0.2, 0) is 32.6 Å². The Hall–Kier alpha value is -3.65. The van der Waals surface area contributed by atoms with E-state index in [-0.39, 0.29) is 30.8 Å². The predicted octanol–water partition coefficient (Wildman–Crippen LogP) is 6.25. The molecule has 0 heterocycles. The van der Waals surface area contributed by atoms with Crippen molar-refractivity contribution in [3.8, 4) is 0 Å². The van der Waals surface area contributed by atoms with E-state index in [2.05, 4.69) is 5.32 Å². The van der Waals surface area contributed by atoms with E-state index in [4.69, 9.17) is 0 Å². The third-order valence-electron chi connectivity index (χ3n) is 8.65. The zero-order valence-corrected chi connectivity index (χ0v) is 27.4. The van der Waals surface area contributed by atoms with Crippen LogP contribution in [0.25, 0.3) is 0 Å². The van der Waals surface area contributed by atoms with Crippen molar-refractivity contribution < 1.29 is 18.0 Å². The van der Waals surface area contributed by atoms with Gasteiger partial charge in [-0.3, -0.25) is 13.9 Å². The SMILES string of the molecule is Cc1cccc(CN(C(=O)CCCN(c2cccc(C)c2C)S(C)(=O)=O)[C@@H](Cc2ccccc2)C(=O)NC2CCCCC2)c1. The fourth-order valence-corrected chi connectivity index (χ4v) is 7.11. The number of hydrogen-bond donors (Lipinski definition) is 1. The van der Waals surface area contributed by atoms with Crippen LogP contribution in [0.2, 0.25) is 0 Å². The fraction of sp³-hybridized carbons (Fsp3) is 0.444. The molecule has 0 aliphatic heterocycles. The highest BCUT2D eigenvalue weighted by molar-refractivity contribution is 7.92. The lowest BCUT2D eigenvalue weighted by atomic mass is 9.94. The summed E-state index contributed by atoms with van der Waals surface area (Å²) in [6, 6.07) is 22.9. The summed E-state index contributed by atoms with van der Waals surface area (Å²) in [4.78, 5) is 29.8. The molecule has 44 heavy (non-hydrogen) atoms. The maximum atomic E-state index is 14.1. The van der Waals surface area contributed by atoms with Gasteiger partial charge in [0.2, 0.25) is 21.8 Å². The molecule has 1 N–H and O–H groups in total. The van der Waals surface area contributed by atoms with Crippen LogP contribution in [0.3, 0.4) is 0 Å². The molecule has 1 atom stereocenters. The van der Waals surface area contributed by atoms with Gasteiger partial charge in [0.25, 0.3) is 0 Å². The lowest BCUT2D eigenvalue weighted by Gasteiger charge is -2.34. The van der Waals surface area contributed by atoms with E-state index >= 15 is 0 Å². The topological polar surface area (TPSA) is 86.8 Å². The van der Waals surface area contributed by atoms with Gasteiger partial charge in [0.05, 0.1) is 11.9 Å². The molecule has 7 nitrogen and oxygen atoms in total. The molecule has 0 bridgehead atoms. The van der Waals surface area contributed by atoms with Crippen LogP contribution in [0, 0.1) is 20.8 Å². The van der Waals surface area contributed by atoms with Crippen molar-refractivity contribution in [3.05, 3.63) is 101 Å². The van der Waals surface area contributed by atoms with Gasteiger partial charge in [0.15, 0.2) is 0 Å². The van der Waals surface area contributed by atoms with E-state index < -0.39 is 16.1 Å². The maximum absolute atomic E-state index is 14.1. The van der Waals surface area contributed by atoms with Gasteiger partial charge < -0.3 is 10.2 Å². The van der Waals surface area contributed by atoms with Gasteiger partial charge in [0, 0.05) is 32.0 Å². The Labute approximate surface area is 263 Å². The van der Waals surface area contributed by atoms with Crippen LogP contribution in [0.5, 0.6) is 0 Å². The predicted molar refractivity (Wildman–Crippen MR) is 178 cm³/mol. The molecule has 1 fully saturated rings. The second kappa shape index (κ2) is 15.4. The zero-order valence-electron chi connectivity index (χ0n) is 26.6. The van der Waals surface area contributed by atoms with Crippen LogP contribution in [-0.4, -0.2) is 50.0 Å². The van der Waals surface area contributed by atoms with E-state index in [0.717, 1.165) is 53.5 Å². The first kappa shape index (κ1) is 33.2. The lowest BCUT2D eigenvalue weighted by Crippen LogP contribution is -2.53. The van der Waals surface area contributed by atoms with Crippen molar-refractivity contribution in [2.75, 3.05) is 17.1 Å². The number of aryl methyl sites for hydroxylation is 2. The van der Waals surface area contributed by atoms with E-state index in [1.165, 1.54) is 17.0 Å². The summed E-state index contributed by atoms with van der Waals surface area (Å²) in [5, 5.41) is 3.28. The Morgan fingerprint density at radius 3 is 2.25 bits per heavy atom. The molecule has 8 heteroatoms. The quantitative estimate of drug-likeness (QED) is 0.246. The average Bonchev–Trinajstić information content (AvgIpc) is 2.99. The number of amides is 2. The van der Waals surface area contributed by atoms with Gasteiger partial charge >= 0.3 is 0 Å². The molecule has 3 aromatic carbocycles. The molecule has 3 aromatic rings. The van der Waals surface area contributed by atoms with Crippen molar-refractivity contribution in [1.29, 1.82) is 0 Å². The average molecular weight is 618 g/mol. The summed E-state index contributed by atoms with van der Waals surface area (Å²) in [6.45, 7) is 6.35. The van der Waals surface area contributed by atoms with E-state index in [1.54, 1.807) is 11.0 Å². The number of hydrogen-bond acceptors (Lipinski definition) is 4. The van der Waals surface area contributed by atoms with Crippen LogP contribution < -0.4 is 9.62 Å². The Morgan fingerprint density at radius 2 is 1.57 bits per heavy atom. The van der Waals surface area contributed by atoms with Gasteiger partial charge in [-0.2, -0.15) is 0 Å². The summed E-state index contributed by atoms with van der Waals surface area (Å²) >= 11 is 0. The second-order valence-corrected chi connectivity index (χ2v) is 14.1. The van der Waals surface area contributed by atoms with E-state index in [9.17, 15) is 18.0 Å². The van der Waals surface area contributed by atoms with Crippen molar-refractivity contribution >= 4 is 27.5 Å². The van der Waals surface area contributed by atoms with Gasteiger partial charge in [-0.25, -0.2) is 8.42 Å². The first-order valence-electron chi connectivity index (χ1n) is 15.8. The molecule has 0 unspecified atom stereocenters. The zero-order chi connectivity index (χ0) is 31.7. The standard InChI is InChI=1S/C36H47N3O4S/c1-27-14-11-18-31(24-27)26-38(34(25-30-16-7-5-8-17-30)36(41)37-32-19-9-6-10-20-32)35(40)22-13-23-39(44(4,42)43)33-21-12-15-28(2)29(33)3/h5,7-8,11-12,14-18,21,24,32,34H,6,9-10,13,19-20,22-23,25-26H2,1-4H3,(H,37,41)/t34-/m0/s1. The Morgan fingerprint density at radius 1 is 0.886 bits per heavy atom. The first-order chi connectivity index (χ1) is 21.0. The number of rotatable bonds is 13. The highest BCUT2D eigenvalue weighted by atomic mass is 32.2. The maximum Gasteiger partial charge on any atom is 0.243 e. The van der Waals surface area contributed by atoms with E-state index in [0.29, 0.717) is 25.1 Å². The van der Waals surface area contributed by atoms with Gasteiger partial charge in [-0.1, -0.05) is 91.6 Å². The Kier molecular flexibility index (Phi) is 11.6. The molecule has 1 saturated carbocycles. The second-order valence-electron chi connectivity index (χ2n) is 12.2. The number of carbonyl (C=O) groups excluding carboxylic acids is 2. The molecule has 1 aliphatic carbocycles. The molecule has 2 amide bonds. The van der Waals surface area contributed by atoms with Crippen molar-refractivity contribution in [1.82, 2.24) is 10.2 Å². The first-order valence-corrected chi connectivity index (χ1v) is 17.6. The summed E-state index contributed by atoms with van der Waals surface area (Å²) in [7, 11) is -3.57. The minimum atomic E-state index is -3.57. The summed E-state index contributed by atoms with van der Waals surface area (Å²) < 4.78 is 27.1. The van der Waals surface area contributed by atoms with Crippen molar-refractivity contribution in [2.45, 2.75) is 90.8 Å². The van der Waals surface area contributed by atoms with Crippen molar-refractivity contribution in [2.24, 2.45) is 0 Å².